The van der Waals surface area contributed by atoms with Gasteiger partial charge in [-0.1, -0.05) is 12.1 Å². The zero-order valence-corrected chi connectivity index (χ0v) is 15.6. The van der Waals surface area contributed by atoms with E-state index in [1.807, 2.05) is 0 Å². The Balaban J connectivity index is 1.91. The molecule has 0 radical (unpaired) electrons. The van der Waals surface area contributed by atoms with Crippen LogP contribution in [0.4, 0.5) is 0 Å². The fourth-order valence-electron chi connectivity index (χ4n) is 3.90. The number of carboxylic acid groups (broad SMARTS) is 1. The molecule has 2 aromatic carbocycles. The summed E-state index contributed by atoms with van der Waals surface area (Å²) < 4.78 is 21.4. The van der Waals surface area contributed by atoms with Crippen LogP contribution in [0, 0.1) is 0 Å². The van der Waals surface area contributed by atoms with Crippen molar-refractivity contribution in [1.29, 1.82) is 0 Å². The number of carbonyl (C=O) groups is 2. The SMILES string of the molecule is COc1ccc2c(c1OC)C(=O)N(C)C(c1ccc3c(c1)OCO3)C2C(=O)O. The second-order valence-corrected chi connectivity index (χ2v) is 6.55. The number of likely N-dealkylation sites (N-methyl/N-ethyl adjacent to an activating group) is 1. The number of methoxy groups -OCH3 is 2. The summed E-state index contributed by atoms with van der Waals surface area (Å²) in [5.41, 5.74) is 1.23. The number of ether oxygens (including phenoxy) is 4. The van der Waals surface area contributed by atoms with Gasteiger partial charge >= 0.3 is 5.97 Å². The molecule has 4 rings (SSSR count). The zero-order valence-electron chi connectivity index (χ0n) is 15.6. The van der Waals surface area contributed by atoms with Gasteiger partial charge in [0, 0.05) is 7.05 Å². The summed E-state index contributed by atoms with van der Waals surface area (Å²) in [6, 6.07) is 7.70. The van der Waals surface area contributed by atoms with Gasteiger partial charge in [-0.05, 0) is 29.3 Å². The summed E-state index contributed by atoms with van der Waals surface area (Å²) in [6.07, 6.45) is 0. The van der Waals surface area contributed by atoms with Gasteiger partial charge in [-0.15, -0.1) is 0 Å². The largest absolute Gasteiger partial charge is 0.493 e. The summed E-state index contributed by atoms with van der Waals surface area (Å²) in [7, 11) is 4.46. The molecular formula is C20H19NO7. The highest BCUT2D eigenvalue weighted by atomic mass is 16.7. The van der Waals surface area contributed by atoms with E-state index in [1.165, 1.54) is 19.1 Å². The highest BCUT2D eigenvalue weighted by Gasteiger charge is 2.45. The van der Waals surface area contributed by atoms with Gasteiger partial charge in [0.2, 0.25) is 6.79 Å². The number of fused-ring (bicyclic) bond motifs is 2. The van der Waals surface area contributed by atoms with E-state index >= 15 is 0 Å². The summed E-state index contributed by atoms with van der Waals surface area (Å²) in [4.78, 5) is 26.9. The van der Waals surface area contributed by atoms with Crippen LogP contribution in [0.3, 0.4) is 0 Å². The van der Waals surface area contributed by atoms with Crippen molar-refractivity contribution in [3.63, 3.8) is 0 Å². The number of carboxylic acids is 1. The Labute approximate surface area is 161 Å². The lowest BCUT2D eigenvalue weighted by atomic mass is 9.79. The van der Waals surface area contributed by atoms with Crippen LogP contribution in [-0.4, -0.2) is 49.9 Å². The van der Waals surface area contributed by atoms with Crippen LogP contribution in [0.15, 0.2) is 30.3 Å². The van der Waals surface area contributed by atoms with Crippen LogP contribution in [0.1, 0.15) is 33.4 Å². The topological polar surface area (TPSA) is 94.5 Å². The number of hydrogen-bond acceptors (Lipinski definition) is 6. The molecule has 2 heterocycles. The normalized spacial score (nSPS) is 20.0. The molecule has 0 spiro atoms. The monoisotopic (exact) mass is 385 g/mol. The van der Waals surface area contributed by atoms with Crippen LogP contribution < -0.4 is 18.9 Å². The summed E-state index contributed by atoms with van der Waals surface area (Å²) in [5, 5.41) is 10.0. The third-order valence-electron chi connectivity index (χ3n) is 5.18. The quantitative estimate of drug-likeness (QED) is 0.864. The molecule has 146 valence electrons. The average molecular weight is 385 g/mol. The van der Waals surface area contributed by atoms with Gasteiger partial charge in [-0.2, -0.15) is 0 Å². The zero-order chi connectivity index (χ0) is 20.0. The lowest BCUT2D eigenvalue weighted by molar-refractivity contribution is -0.140. The van der Waals surface area contributed by atoms with Crippen molar-refractivity contribution in [2.45, 2.75) is 12.0 Å². The molecule has 0 fully saturated rings. The molecule has 2 unspecified atom stereocenters. The smallest absolute Gasteiger partial charge is 0.313 e. The number of benzene rings is 2. The standard InChI is InChI=1S/C20H19NO7/c1-21-17(10-4-6-12-14(8-10)28-9-27-12)15(20(23)24)11-5-7-13(25-2)18(26-3)16(11)19(21)22/h4-8,15,17H,9H2,1-3H3,(H,23,24). The highest BCUT2D eigenvalue weighted by Crippen LogP contribution is 2.48. The summed E-state index contributed by atoms with van der Waals surface area (Å²) in [5.74, 6) is -0.659. The van der Waals surface area contributed by atoms with Crippen molar-refractivity contribution in [3.05, 3.63) is 47.0 Å². The predicted molar refractivity (Wildman–Crippen MR) is 97.3 cm³/mol. The molecule has 1 amide bonds. The average Bonchev–Trinajstić information content (AvgIpc) is 3.16. The Morgan fingerprint density at radius 3 is 2.57 bits per heavy atom. The maximum Gasteiger partial charge on any atom is 0.313 e. The van der Waals surface area contributed by atoms with E-state index in [1.54, 1.807) is 37.4 Å². The van der Waals surface area contributed by atoms with Crippen molar-refractivity contribution in [2.24, 2.45) is 0 Å². The van der Waals surface area contributed by atoms with Gasteiger partial charge in [0.25, 0.3) is 5.91 Å². The van der Waals surface area contributed by atoms with Crippen LogP contribution in [0.2, 0.25) is 0 Å². The predicted octanol–water partition coefficient (Wildman–Crippen LogP) is 2.43. The number of aliphatic carboxylic acids is 1. The van der Waals surface area contributed by atoms with Crippen molar-refractivity contribution in [1.82, 2.24) is 4.90 Å². The number of carbonyl (C=O) groups excluding carboxylic acids is 1. The lowest BCUT2D eigenvalue weighted by Crippen LogP contribution is -2.42. The van der Waals surface area contributed by atoms with Gasteiger partial charge < -0.3 is 29.0 Å². The maximum atomic E-state index is 13.2. The van der Waals surface area contributed by atoms with Crippen LogP contribution in [0.5, 0.6) is 23.0 Å². The molecule has 8 heteroatoms. The van der Waals surface area contributed by atoms with Crippen LogP contribution in [0.25, 0.3) is 0 Å². The Morgan fingerprint density at radius 2 is 1.89 bits per heavy atom. The van der Waals surface area contributed by atoms with Gasteiger partial charge in [0.05, 0.1) is 25.8 Å². The number of nitrogens with zero attached hydrogens (tertiary/aromatic N) is 1. The second-order valence-electron chi connectivity index (χ2n) is 6.55. The Morgan fingerprint density at radius 1 is 1.14 bits per heavy atom. The molecule has 2 atom stereocenters. The van der Waals surface area contributed by atoms with Crippen molar-refractivity contribution in [3.8, 4) is 23.0 Å². The maximum absolute atomic E-state index is 13.2. The third-order valence-corrected chi connectivity index (χ3v) is 5.18. The van der Waals surface area contributed by atoms with Gasteiger partial charge in [-0.3, -0.25) is 9.59 Å². The minimum atomic E-state index is -1.05. The number of hydrogen-bond donors (Lipinski definition) is 1. The Bertz CT molecular complexity index is 971. The van der Waals surface area contributed by atoms with Gasteiger partial charge in [0.1, 0.15) is 5.92 Å². The molecule has 2 aliphatic rings. The molecule has 0 aromatic heterocycles. The molecule has 1 N–H and O–H groups in total. The Kier molecular flexibility index (Phi) is 4.26. The molecule has 0 saturated carbocycles. The van der Waals surface area contributed by atoms with Crippen LogP contribution in [-0.2, 0) is 4.79 Å². The molecule has 2 aliphatic heterocycles. The fourth-order valence-corrected chi connectivity index (χ4v) is 3.90. The van der Waals surface area contributed by atoms with E-state index in [0.717, 1.165) is 0 Å². The van der Waals surface area contributed by atoms with Crippen LogP contribution >= 0.6 is 0 Å². The van der Waals surface area contributed by atoms with E-state index in [2.05, 4.69) is 0 Å². The highest BCUT2D eigenvalue weighted by molar-refractivity contribution is 6.03. The van der Waals surface area contributed by atoms with E-state index in [4.69, 9.17) is 18.9 Å². The van der Waals surface area contributed by atoms with Crippen molar-refractivity contribution < 1.29 is 33.6 Å². The first-order valence-corrected chi connectivity index (χ1v) is 8.62. The van der Waals surface area contributed by atoms with E-state index in [-0.39, 0.29) is 24.0 Å². The van der Waals surface area contributed by atoms with E-state index in [0.29, 0.717) is 28.4 Å². The minimum absolute atomic E-state index is 0.112. The summed E-state index contributed by atoms with van der Waals surface area (Å²) >= 11 is 0. The molecule has 8 nitrogen and oxygen atoms in total. The molecular weight excluding hydrogens is 366 g/mol. The first-order chi connectivity index (χ1) is 13.5. The van der Waals surface area contributed by atoms with Crippen molar-refractivity contribution in [2.75, 3.05) is 28.1 Å². The first kappa shape index (κ1) is 18.0. The minimum Gasteiger partial charge on any atom is -0.493 e. The molecule has 0 saturated heterocycles. The number of rotatable bonds is 4. The lowest BCUT2D eigenvalue weighted by Gasteiger charge is -2.39. The Hall–Kier alpha value is -3.42. The van der Waals surface area contributed by atoms with E-state index < -0.39 is 17.9 Å². The van der Waals surface area contributed by atoms with Gasteiger partial charge in [0.15, 0.2) is 23.0 Å². The number of amides is 1. The second kappa shape index (κ2) is 6.63. The van der Waals surface area contributed by atoms with E-state index in [9.17, 15) is 14.7 Å². The molecule has 2 aromatic rings. The molecule has 0 bridgehead atoms. The van der Waals surface area contributed by atoms with Gasteiger partial charge in [-0.25, -0.2) is 0 Å². The fraction of sp³-hybridized carbons (Fsp3) is 0.300. The third kappa shape index (κ3) is 2.52. The summed E-state index contributed by atoms with van der Waals surface area (Å²) in [6.45, 7) is 0.112. The van der Waals surface area contributed by atoms with Crippen molar-refractivity contribution >= 4 is 11.9 Å². The molecule has 0 aliphatic carbocycles. The molecule has 28 heavy (non-hydrogen) atoms. The first-order valence-electron chi connectivity index (χ1n) is 8.62.